The molecule has 7 heteroatoms. The number of nitrogens with zero attached hydrogens (tertiary/aromatic N) is 5. The van der Waals surface area contributed by atoms with Gasteiger partial charge < -0.3 is 14.5 Å². The number of rotatable bonds is 2. The number of carbonyl (C=O) groups excluding carboxylic acids is 1. The maximum Gasteiger partial charge on any atom is 0.320 e. The van der Waals surface area contributed by atoms with Gasteiger partial charge in [-0.1, -0.05) is 0 Å². The second-order valence-corrected chi connectivity index (χ2v) is 7.31. The molecule has 3 aliphatic heterocycles. The van der Waals surface area contributed by atoms with Gasteiger partial charge in [0.2, 0.25) is 0 Å². The van der Waals surface area contributed by atoms with E-state index in [9.17, 15) is 4.79 Å². The minimum Gasteiger partial charge on any atom is -0.375 e. The summed E-state index contributed by atoms with van der Waals surface area (Å²) >= 11 is 0. The van der Waals surface area contributed by atoms with E-state index < -0.39 is 0 Å². The molecule has 3 saturated heterocycles. The second-order valence-electron chi connectivity index (χ2n) is 7.31. The fraction of sp³-hybridized carbons (Fsp3) is 0.765. The molecule has 4 heterocycles. The lowest BCUT2D eigenvalue weighted by molar-refractivity contribution is 0.0521. The van der Waals surface area contributed by atoms with E-state index in [2.05, 4.69) is 16.2 Å². The van der Waals surface area contributed by atoms with Crippen molar-refractivity contribution >= 4 is 6.03 Å². The Balaban J connectivity index is 1.37. The molecule has 3 aliphatic rings. The Kier molecular flexibility index (Phi) is 4.45. The van der Waals surface area contributed by atoms with Crippen molar-refractivity contribution in [1.82, 2.24) is 24.5 Å². The lowest BCUT2D eigenvalue weighted by Gasteiger charge is -2.25. The number of fused-ring (bicyclic) bond motifs is 1. The Morgan fingerprint density at radius 2 is 2.04 bits per heavy atom. The Hall–Kier alpha value is -1.60. The van der Waals surface area contributed by atoms with E-state index in [1.165, 1.54) is 5.56 Å². The third-order valence-electron chi connectivity index (χ3n) is 5.42. The molecule has 2 amide bonds. The first-order valence-corrected chi connectivity index (χ1v) is 9.04. The molecule has 7 nitrogen and oxygen atoms in total. The topological polar surface area (TPSA) is 53.8 Å². The summed E-state index contributed by atoms with van der Waals surface area (Å²) in [6.45, 7) is 6.99. The van der Waals surface area contributed by atoms with E-state index in [0.717, 1.165) is 65.3 Å². The first-order valence-electron chi connectivity index (χ1n) is 9.04. The maximum absolute atomic E-state index is 12.6. The number of aromatic nitrogens is 2. The molecule has 3 fully saturated rings. The first-order chi connectivity index (χ1) is 11.7. The lowest BCUT2D eigenvalue weighted by atomic mass is 10.1. The van der Waals surface area contributed by atoms with E-state index in [1.807, 2.05) is 27.7 Å². The number of likely N-dealkylation sites (tertiary alicyclic amines) is 2. The van der Waals surface area contributed by atoms with Crippen molar-refractivity contribution in [2.75, 3.05) is 45.9 Å². The van der Waals surface area contributed by atoms with Crippen molar-refractivity contribution in [3.8, 4) is 0 Å². The van der Waals surface area contributed by atoms with Crippen LogP contribution >= 0.6 is 0 Å². The normalized spacial score (nSPS) is 28.2. The molecule has 0 N–H and O–H groups in total. The van der Waals surface area contributed by atoms with Gasteiger partial charge in [-0.2, -0.15) is 5.10 Å². The number of amides is 2. The van der Waals surface area contributed by atoms with Crippen molar-refractivity contribution in [3.63, 3.8) is 0 Å². The van der Waals surface area contributed by atoms with Gasteiger partial charge >= 0.3 is 6.03 Å². The summed E-state index contributed by atoms with van der Waals surface area (Å²) in [5.74, 6) is 0.413. The summed E-state index contributed by atoms with van der Waals surface area (Å²) in [5, 5.41) is 4.25. The minimum absolute atomic E-state index is 0.190. The summed E-state index contributed by atoms with van der Waals surface area (Å²) in [4.78, 5) is 19.1. The number of aryl methyl sites for hydroxylation is 1. The smallest absolute Gasteiger partial charge is 0.320 e. The van der Waals surface area contributed by atoms with E-state index in [1.54, 1.807) is 0 Å². The highest BCUT2D eigenvalue weighted by Crippen LogP contribution is 2.26. The van der Waals surface area contributed by atoms with Crippen LogP contribution in [-0.2, 0) is 18.3 Å². The predicted molar refractivity (Wildman–Crippen MR) is 89.5 cm³/mol. The quantitative estimate of drug-likeness (QED) is 0.802. The molecule has 24 heavy (non-hydrogen) atoms. The summed E-state index contributed by atoms with van der Waals surface area (Å²) in [6, 6.07) is 0.211. The van der Waals surface area contributed by atoms with Crippen LogP contribution in [0, 0.1) is 5.92 Å². The summed E-state index contributed by atoms with van der Waals surface area (Å²) < 4.78 is 7.91. The summed E-state index contributed by atoms with van der Waals surface area (Å²) in [6.07, 6.45) is 6.47. The van der Waals surface area contributed by atoms with Gasteiger partial charge in [-0.05, 0) is 12.8 Å². The molecule has 0 spiro atoms. The zero-order chi connectivity index (χ0) is 16.5. The summed E-state index contributed by atoms with van der Waals surface area (Å²) in [7, 11) is 1.95. The minimum atomic E-state index is 0.190. The number of hydrogen-bond donors (Lipinski definition) is 0. The molecule has 132 valence electrons. The maximum atomic E-state index is 12.6. The van der Waals surface area contributed by atoms with Gasteiger partial charge in [0, 0.05) is 70.5 Å². The largest absolute Gasteiger partial charge is 0.375 e. The molecule has 0 aliphatic carbocycles. The SMILES string of the molecule is Cn1cc(CN2CCO[C@@H]3CN(C(=O)N4CCCC4)C[C@@H]3C2)cn1. The number of carbonyl (C=O) groups is 1. The van der Waals surface area contributed by atoms with E-state index in [4.69, 9.17) is 4.74 Å². The van der Waals surface area contributed by atoms with Crippen molar-refractivity contribution < 1.29 is 9.53 Å². The van der Waals surface area contributed by atoms with Crippen LogP contribution in [0.5, 0.6) is 0 Å². The van der Waals surface area contributed by atoms with Crippen LogP contribution in [-0.4, -0.2) is 82.5 Å². The fourth-order valence-corrected chi connectivity index (χ4v) is 4.18. The number of hydrogen-bond acceptors (Lipinski definition) is 4. The van der Waals surface area contributed by atoms with Gasteiger partial charge in [-0.25, -0.2) is 4.79 Å². The molecule has 0 bridgehead atoms. The van der Waals surface area contributed by atoms with Gasteiger partial charge in [0.1, 0.15) is 0 Å². The molecular formula is C17H27N5O2. The first kappa shape index (κ1) is 15.9. The highest BCUT2D eigenvalue weighted by atomic mass is 16.5. The third kappa shape index (κ3) is 3.28. The van der Waals surface area contributed by atoms with Crippen LogP contribution in [0.4, 0.5) is 4.79 Å². The van der Waals surface area contributed by atoms with E-state index >= 15 is 0 Å². The standard InChI is InChI=1S/C17H27N5O2/c1-19-9-14(8-18-19)10-20-6-7-24-16-13-22(12-15(16)11-20)17(23)21-4-2-3-5-21/h8-9,15-16H,2-7,10-13H2,1H3/t15-,16+/m0/s1. The molecule has 2 atom stereocenters. The van der Waals surface area contributed by atoms with Crippen LogP contribution in [0.2, 0.25) is 0 Å². The molecule has 1 aromatic heterocycles. The van der Waals surface area contributed by atoms with Gasteiger partial charge in [-0.3, -0.25) is 9.58 Å². The lowest BCUT2D eigenvalue weighted by Crippen LogP contribution is -2.41. The second kappa shape index (κ2) is 6.72. The van der Waals surface area contributed by atoms with Crippen molar-refractivity contribution in [3.05, 3.63) is 18.0 Å². The zero-order valence-electron chi connectivity index (χ0n) is 14.4. The number of urea groups is 1. The van der Waals surface area contributed by atoms with Gasteiger partial charge in [0.25, 0.3) is 0 Å². The Bertz CT molecular complexity index is 583. The molecule has 0 aromatic carbocycles. The molecule has 1 aromatic rings. The summed E-state index contributed by atoms with van der Waals surface area (Å²) in [5.41, 5.74) is 1.24. The van der Waals surface area contributed by atoms with Crippen molar-refractivity contribution in [2.24, 2.45) is 13.0 Å². The average molecular weight is 333 g/mol. The average Bonchev–Trinajstić information content (AvgIpc) is 3.28. The fourth-order valence-electron chi connectivity index (χ4n) is 4.18. The van der Waals surface area contributed by atoms with Crippen LogP contribution in [0.25, 0.3) is 0 Å². The van der Waals surface area contributed by atoms with Gasteiger partial charge in [-0.15, -0.1) is 0 Å². The molecule has 0 saturated carbocycles. The van der Waals surface area contributed by atoms with Gasteiger partial charge in [0.05, 0.1) is 18.9 Å². The third-order valence-corrected chi connectivity index (χ3v) is 5.42. The van der Waals surface area contributed by atoms with Gasteiger partial charge in [0.15, 0.2) is 0 Å². The molecule has 0 unspecified atom stereocenters. The Morgan fingerprint density at radius 1 is 1.21 bits per heavy atom. The van der Waals surface area contributed by atoms with E-state index in [0.29, 0.717) is 5.92 Å². The Morgan fingerprint density at radius 3 is 2.79 bits per heavy atom. The monoisotopic (exact) mass is 333 g/mol. The van der Waals surface area contributed by atoms with E-state index in [-0.39, 0.29) is 12.1 Å². The number of ether oxygens (including phenoxy) is 1. The molecule has 4 rings (SSSR count). The highest BCUT2D eigenvalue weighted by molar-refractivity contribution is 5.75. The highest BCUT2D eigenvalue weighted by Gasteiger charge is 2.40. The van der Waals surface area contributed by atoms with Crippen molar-refractivity contribution in [1.29, 1.82) is 0 Å². The zero-order valence-corrected chi connectivity index (χ0v) is 14.4. The van der Waals surface area contributed by atoms with Crippen LogP contribution in [0.1, 0.15) is 18.4 Å². The van der Waals surface area contributed by atoms with Crippen molar-refractivity contribution in [2.45, 2.75) is 25.5 Å². The van der Waals surface area contributed by atoms with Crippen LogP contribution in [0.3, 0.4) is 0 Å². The Labute approximate surface area is 143 Å². The van der Waals surface area contributed by atoms with Crippen LogP contribution in [0.15, 0.2) is 12.4 Å². The predicted octanol–water partition coefficient (Wildman–Crippen LogP) is 0.769. The molecule has 0 radical (unpaired) electrons. The molecular weight excluding hydrogens is 306 g/mol. The van der Waals surface area contributed by atoms with Crippen LogP contribution < -0.4 is 0 Å².